The Morgan fingerprint density at radius 1 is 0.842 bits per heavy atom. The summed E-state index contributed by atoms with van der Waals surface area (Å²) in [4.78, 5) is 17.0. The van der Waals surface area contributed by atoms with Gasteiger partial charge < -0.3 is 19.3 Å². The third-order valence-corrected chi connectivity index (χ3v) is 6.55. The van der Waals surface area contributed by atoms with Gasteiger partial charge in [-0.3, -0.25) is 4.79 Å². The first-order valence-corrected chi connectivity index (χ1v) is 14.7. The van der Waals surface area contributed by atoms with Crippen molar-refractivity contribution in [2.45, 2.75) is 91.6 Å². The second-order valence-corrected chi connectivity index (χ2v) is 9.84. The molecule has 1 amide bonds. The molecular formula is C32H49FN2O3. The fraction of sp³-hybridized carbons (Fsp3) is 0.594. The summed E-state index contributed by atoms with van der Waals surface area (Å²) in [5.74, 6) is 0.716. The number of unbranched alkanes of at least 4 members (excludes halogenated alkanes) is 4. The molecule has 212 valence electrons. The third-order valence-electron chi connectivity index (χ3n) is 6.55. The van der Waals surface area contributed by atoms with E-state index < -0.39 is 6.10 Å². The molecule has 1 heterocycles. The van der Waals surface area contributed by atoms with Gasteiger partial charge in [0.1, 0.15) is 11.6 Å². The maximum atomic E-state index is 12.8. The number of carbonyl (C=O) groups excluding carboxylic acids is 1. The number of ether oxygens (including phenoxy) is 2. The van der Waals surface area contributed by atoms with E-state index in [1.165, 1.54) is 25.0 Å². The summed E-state index contributed by atoms with van der Waals surface area (Å²) in [6.07, 6.45) is 9.21. The molecule has 1 aliphatic rings. The van der Waals surface area contributed by atoms with Crippen molar-refractivity contribution in [3.05, 3.63) is 54.3 Å². The number of benzene rings is 2. The van der Waals surface area contributed by atoms with Gasteiger partial charge in [0.2, 0.25) is 0 Å². The number of halogens is 1. The molecule has 1 atom stereocenters. The van der Waals surface area contributed by atoms with Crippen molar-refractivity contribution in [3.8, 4) is 5.75 Å². The maximum absolute atomic E-state index is 12.8. The van der Waals surface area contributed by atoms with Crippen molar-refractivity contribution in [3.63, 3.8) is 0 Å². The normalized spacial score (nSPS) is 14.4. The second kappa shape index (κ2) is 18.6. The van der Waals surface area contributed by atoms with Crippen LogP contribution in [0.3, 0.4) is 0 Å². The number of amides is 1. The lowest BCUT2D eigenvalue weighted by Crippen LogP contribution is -2.46. The minimum atomic E-state index is -0.423. The van der Waals surface area contributed by atoms with Gasteiger partial charge in [-0.15, -0.1) is 0 Å². The highest BCUT2D eigenvalue weighted by atomic mass is 19.1. The molecule has 0 spiro atoms. The summed E-state index contributed by atoms with van der Waals surface area (Å²) in [7, 11) is 0. The first kappa shape index (κ1) is 31.6. The molecule has 38 heavy (non-hydrogen) atoms. The van der Waals surface area contributed by atoms with Crippen LogP contribution in [0.2, 0.25) is 0 Å². The van der Waals surface area contributed by atoms with E-state index >= 15 is 0 Å². The number of anilines is 2. The van der Waals surface area contributed by atoms with E-state index in [0.29, 0.717) is 13.0 Å². The van der Waals surface area contributed by atoms with E-state index in [9.17, 15) is 9.18 Å². The second-order valence-electron chi connectivity index (χ2n) is 9.84. The van der Waals surface area contributed by atoms with Gasteiger partial charge in [-0.2, -0.15) is 0 Å². The van der Waals surface area contributed by atoms with E-state index in [4.69, 9.17) is 9.47 Å². The minimum Gasteiger partial charge on any atom is -0.478 e. The summed E-state index contributed by atoms with van der Waals surface area (Å²) in [5.41, 5.74) is 2.02. The van der Waals surface area contributed by atoms with Crippen molar-refractivity contribution >= 4 is 17.3 Å². The Morgan fingerprint density at radius 3 is 2.16 bits per heavy atom. The van der Waals surface area contributed by atoms with Gasteiger partial charge in [-0.05, 0) is 62.1 Å². The van der Waals surface area contributed by atoms with Gasteiger partial charge in [-0.25, -0.2) is 4.39 Å². The number of fused-ring (bicyclic) bond motifs is 1. The van der Waals surface area contributed by atoms with Crippen molar-refractivity contribution in [2.75, 3.05) is 42.6 Å². The zero-order valence-corrected chi connectivity index (χ0v) is 24.1. The summed E-state index contributed by atoms with van der Waals surface area (Å²) in [6.45, 7) is 12.9. The van der Waals surface area contributed by atoms with Gasteiger partial charge in [0, 0.05) is 38.3 Å². The van der Waals surface area contributed by atoms with E-state index in [0.717, 1.165) is 81.9 Å². The Balaban J connectivity index is 0.000000308. The standard InChI is InChI=1S/C20H31NO3.C12H18FN/c1-3-5-9-14-21-17-11-7-8-12-18(17)24-19(20(21)22)13-16-23-15-10-6-4-2;1-3-9-14(10-4-2)12-7-5-11(13)6-8-12/h7-8,11-12,19H,3-6,9-10,13-16H2,1-2H3;5-8H,3-4,9-10H2,1-2H3. The Bertz CT molecular complexity index is 900. The third kappa shape index (κ3) is 10.6. The van der Waals surface area contributed by atoms with Crippen molar-refractivity contribution < 1.29 is 18.7 Å². The number of rotatable bonds is 16. The fourth-order valence-corrected chi connectivity index (χ4v) is 4.52. The van der Waals surface area contributed by atoms with Gasteiger partial charge in [0.15, 0.2) is 6.10 Å². The van der Waals surface area contributed by atoms with Crippen molar-refractivity contribution in [1.29, 1.82) is 0 Å². The summed E-state index contributed by atoms with van der Waals surface area (Å²) < 4.78 is 24.3. The average molecular weight is 529 g/mol. The van der Waals surface area contributed by atoms with Crippen LogP contribution in [0, 0.1) is 5.82 Å². The van der Waals surface area contributed by atoms with Crippen LogP contribution in [0.5, 0.6) is 5.75 Å². The first-order valence-electron chi connectivity index (χ1n) is 14.7. The van der Waals surface area contributed by atoms with Gasteiger partial charge in [-0.1, -0.05) is 65.5 Å². The summed E-state index contributed by atoms with van der Waals surface area (Å²) >= 11 is 0. The lowest BCUT2D eigenvalue weighted by atomic mass is 10.1. The van der Waals surface area contributed by atoms with Crippen LogP contribution in [0.1, 0.15) is 85.5 Å². The molecule has 0 saturated carbocycles. The number of carbonyl (C=O) groups is 1. The van der Waals surface area contributed by atoms with Crippen molar-refractivity contribution in [1.82, 2.24) is 0 Å². The first-order chi connectivity index (χ1) is 18.5. The highest BCUT2D eigenvalue weighted by Gasteiger charge is 2.33. The molecule has 0 aliphatic carbocycles. The van der Waals surface area contributed by atoms with E-state index in [1.807, 2.05) is 41.3 Å². The molecule has 0 saturated heterocycles. The van der Waals surface area contributed by atoms with Crippen LogP contribution in [-0.4, -0.2) is 44.9 Å². The van der Waals surface area contributed by atoms with E-state index in [1.54, 1.807) is 0 Å². The van der Waals surface area contributed by atoms with Crippen LogP contribution < -0.4 is 14.5 Å². The SMILES string of the molecule is CCCCCOCCC1Oc2ccccc2N(CCCCC)C1=O.CCCN(CCC)c1ccc(F)cc1. The molecule has 1 aliphatic heterocycles. The van der Waals surface area contributed by atoms with E-state index in [-0.39, 0.29) is 11.7 Å². The zero-order valence-electron chi connectivity index (χ0n) is 24.1. The molecular weight excluding hydrogens is 479 g/mol. The molecule has 6 heteroatoms. The molecule has 0 radical (unpaired) electrons. The number of hydrogen-bond donors (Lipinski definition) is 0. The molecule has 0 bridgehead atoms. The maximum Gasteiger partial charge on any atom is 0.268 e. The van der Waals surface area contributed by atoms with Gasteiger partial charge >= 0.3 is 0 Å². The van der Waals surface area contributed by atoms with Gasteiger partial charge in [0.05, 0.1) is 12.3 Å². The quantitative estimate of drug-likeness (QED) is 0.207. The van der Waals surface area contributed by atoms with E-state index in [2.05, 4.69) is 32.6 Å². The smallest absolute Gasteiger partial charge is 0.268 e. The predicted molar refractivity (Wildman–Crippen MR) is 157 cm³/mol. The Hall–Kier alpha value is -2.60. The Kier molecular flexibility index (Phi) is 15.5. The summed E-state index contributed by atoms with van der Waals surface area (Å²) in [5, 5.41) is 0. The lowest BCUT2D eigenvalue weighted by Gasteiger charge is -2.34. The monoisotopic (exact) mass is 528 g/mol. The van der Waals surface area contributed by atoms with Crippen LogP contribution in [0.4, 0.5) is 15.8 Å². The summed E-state index contributed by atoms with van der Waals surface area (Å²) in [6, 6.07) is 14.6. The topological polar surface area (TPSA) is 42.0 Å². The molecule has 0 aromatic heterocycles. The molecule has 0 N–H and O–H groups in total. The highest BCUT2D eigenvalue weighted by Crippen LogP contribution is 2.34. The van der Waals surface area contributed by atoms with Crippen LogP contribution >= 0.6 is 0 Å². The van der Waals surface area contributed by atoms with Gasteiger partial charge in [0.25, 0.3) is 5.91 Å². The van der Waals surface area contributed by atoms with Crippen LogP contribution in [0.15, 0.2) is 48.5 Å². The molecule has 3 rings (SSSR count). The Labute approximate surface area is 230 Å². The van der Waals surface area contributed by atoms with Crippen LogP contribution in [0.25, 0.3) is 0 Å². The molecule has 1 unspecified atom stereocenters. The molecule has 5 nitrogen and oxygen atoms in total. The molecule has 2 aromatic rings. The Morgan fingerprint density at radius 2 is 1.50 bits per heavy atom. The predicted octanol–water partition coefficient (Wildman–Crippen LogP) is 8.02. The van der Waals surface area contributed by atoms with Crippen molar-refractivity contribution in [2.24, 2.45) is 0 Å². The van der Waals surface area contributed by atoms with Crippen LogP contribution in [-0.2, 0) is 9.53 Å². The number of para-hydroxylation sites is 2. The minimum absolute atomic E-state index is 0.0713. The fourth-order valence-electron chi connectivity index (χ4n) is 4.52. The molecule has 0 fully saturated rings. The molecule has 2 aromatic carbocycles. The number of hydrogen-bond acceptors (Lipinski definition) is 4. The highest BCUT2D eigenvalue weighted by molar-refractivity contribution is 6.00. The largest absolute Gasteiger partial charge is 0.478 e. The zero-order chi connectivity index (χ0) is 27.6. The average Bonchev–Trinajstić information content (AvgIpc) is 2.93. The number of nitrogens with zero attached hydrogens (tertiary/aromatic N) is 2. The lowest BCUT2D eigenvalue weighted by molar-refractivity contribution is -0.127.